The van der Waals surface area contributed by atoms with Crippen LogP contribution < -0.4 is 0 Å². The Bertz CT molecular complexity index is 249. The Labute approximate surface area is 82.3 Å². The zero-order valence-electron chi connectivity index (χ0n) is 7.70. The molecule has 0 spiro atoms. The highest BCUT2D eigenvalue weighted by molar-refractivity contribution is 7.91. The lowest BCUT2D eigenvalue weighted by Gasteiger charge is -2.07. The van der Waals surface area contributed by atoms with Crippen molar-refractivity contribution in [3.8, 4) is 0 Å². The monoisotopic (exact) mass is 224 g/mol. The molecule has 0 atom stereocenters. The number of sulfone groups is 1. The third-order valence-corrected chi connectivity index (χ3v) is 5.46. The van der Waals surface area contributed by atoms with Crippen LogP contribution >= 0.6 is 0 Å². The molecule has 0 aromatic rings. The Morgan fingerprint density at radius 3 is 1.77 bits per heavy atom. The van der Waals surface area contributed by atoms with Crippen LogP contribution in [0, 0.1) is 0 Å². The minimum Gasteiger partial charge on any atom is -0.260 e. The van der Waals surface area contributed by atoms with E-state index in [1.54, 1.807) is 0 Å². The fourth-order valence-corrected chi connectivity index (χ4v) is 4.12. The van der Waals surface area contributed by atoms with E-state index in [1.807, 2.05) is 0 Å². The molecule has 1 saturated heterocycles. The summed E-state index contributed by atoms with van der Waals surface area (Å²) in [5.74, 6) is 1.92. The van der Waals surface area contributed by atoms with Crippen LogP contribution in [0.2, 0.25) is 0 Å². The van der Waals surface area contributed by atoms with E-state index < -0.39 is 20.6 Å². The van der Waals surface area contributed by atoms with Crippen molar-refractivity contribution in [1.82, 2.24) is 0 Å². The van der Waals surface area contributed by atoms with Gasteiger partial charge in [-0.1, -0.05) is 0 Å². The van der Waals surface area contributed by atoms with E-state index in [0.717, 1.165) is 12.8 Å². The fourth-order valence-electron chi connectivity index (χ4n) is 1.37. The molecule has 1 fully saturated rings. The Kier molecular flexibility index (Phi) is 4.38. The first kappa shape index (κ1) is 11.2. The second-order valence-corrected chi connectivity index (χ2v) is 7.41. The van der Waals surface area contributed by atoms with E-state index in [0.29, 0.717) is 24.3 Å². The van der Waals surface area contributed by atoms with Crippen molar-refractivity contribution >= 4 is 20.6 Å². The van der Waals surface area contributed by atoms with Crippen LogP contribution in [0.25, 0.3) is 0 Å². The predicted octanol–water partition coefficient (Wildman–Crippen LogP) is 0.724. The molecule has 0 unspecified atom stereocenters. The smallest absolute Gasteiger partial charge is 0.150 e. The van der Waals surface area contributed by atoms with E-state index in [4.69, 9.17) is 0 Å². The Hall–Kier alpha value is 0.1000. The van der Waals surface area contributed by atoms with Gasteiger partial charge in [0.1, 0.15) is 9.84 Å². The molecule has 0 bridgehead atoms. The van der Waals surface area contributed by atoms with Crippen LogP contribution in [0.15, 0.2) is 0 Å². The summed E-state index contributed by atoms with van der Waals surface area (Å²) in [6.07, 6.45) is 2.92. The van der Waals surface area contributed by atoms with Crippen molar-refractivity contribution in [2.75, 3.05) is 23.0 Å². The average Bonchev–Trinajstić information content (AvgIpc) is 2.06. The Morgan fingerprint density at radius 2 is 1.31 bits per heavy atom. The van der Waals surface area contributed by atoms with Gasteiger partial charge in [0.05, 0.1) is 11.5 Å². The van der Waals surface area contributed by atoms with Crippen molar-refractivity contribution in [2.45, 2.75) is 25.7 Å². The molecule has 0 saturated carbocycles. The van der Waals surface area contributed by atoms with Gasteiger partial charge in [0, 0.05) is 22.3 Å². The van der Waals surface area contributed by atoms with E-state index in [1.165, 1.54) is 0 Å². The highest BCUT2D eigenvalue weighted by Gasteiger charge is 2.12. The van der Waals surface area contributed by atoms with Gasteiger partial charge in [0.25, 0.3) is 0 Å². The maximum atomic E-state index is 11.3. The van der Waals surface area contributed by atoms with Crippen molar-refractivity contribution in [2.24, 2.45) is 0 Å². The molecule has 3 nitrogen and oxygen atoms in total. The van der Waals surface area contributed by atoms with E-state index in [-0.39, 0.29) is 11.5 Å². The zero-order valence-corrected chi connectivity index (χ0v) is 9.33. The molecule has 1 aliphatic heterocycles. The third kappa shape index (κ3) is 4.76. The normalized spacial score (nSPS) is 26.8. The fraction of sp³-hybridized carbons (Fsp3) is 1.00. The van der Waals surface area contributed by atoms with Gasteiger partial charge in [0.15, 0.2) is 0 Å². The first-order valence-corrected chi connectivity index (χ1v) is 7.96. The zero-order chi connectivity index (χ0) is 9.73. The average molecular weight is 224 g/mol. The number of hydrogen-bond donors (Lipinski definition) is 0. The summed E-state index contributed by atoms with van der Waals surface area (Å²) in [6, 6.07) is 0. The molecule has 5 heteroatoms. The van der Waals surface area contributed by atoms with E-state index >= 15 is 0 Å². The van der Waals surface area contributed by atoms with Gasteiger partial charge < -0.3 is 0 Å². The van der Waals surface area contributed by atoms with Crippen LogP contribution in [-0.2, 0) is 20.6 Å². The molecule has 0 N–H and O–H groups in total. The molecular weight excluding hydrogens is 208 g/mol. The SMILES string of the molecule is O=S1CCCCS(=O)(=O)CCCC1. The summed E-state index contributed by atoms with van der Waals surface area (Å²) in [6.45, 7) is 0. The minimum atomic E-state index is -2.80. The molecule has 1 rings (SSSR count). The molecule has 0 aliphatic carbocycles. The van der Waals surface area contributed by atoms with Crippen LogP contribution in [0.3, 0.4) is 0 Å². The first-order chi connectivity index (χ1) is 6.10. The van der Waals surface area contributed by atoms with Gasteiger partial charge >= 0.3 is 0 Å². The van der Waals surface area contributed by atoms with Gasteiger partial charge in [-0.25, -0.2) is 8.42 Å². The first-order valence-electron chi connectivity index (χ1n) is 4.65. The standard InChI is InChI=1S/C8H16O3S2/c9-12-5-1-3-7-13(10,11)8-4-2-6-12/h1-8H2. The van der Waals surface area contributed by atoms with Crippen molar-refractivity contribution < 1.29 is 12.6 Å². The molecule has 1 heterocycles. The summed E-state index contributed by atoms with van der Waals surface area (Å²) in [5.41, 5.74) is 0. The number of hydrogen-bond acceptors (Lipinski definition) is 3. The lowest BCUT2D eigenvalue weighted by atomic mass is 10.4. The lowest BCUT2D eigenvalue weighted by Crippen LogP contribution is -2.15. The molecule has 78 valence electrons. The number of rotatable bonds is 0. The molecule has 0 aromatic heterocycles. The summed E-state index contributed by atoms with van der Waals surface area (Å²) in [7, 11) is -3.51. The minimum absolute atomic E-state index is 0.282. The van der Waals surface area contributed by atoms with Gasteiger partial charge in [-0.3, -0.25) is 4.21 Å². The largest absolute Gasteiger partial charge is 0.260 e. The molecule has 0 aromatic carbocycles. The molecule has 1 aliphatic rings. The van der Waals surface area contributed by atoms with Crippen LogP contribution in [-0.4, -0.2) is 35.6 Å². The maximum Gasteiger partial charge on any atom is 0.150 e. The van der Waals surface area contributed by atoms with E-state index in [9.17, 15) is 12.6 Å². The Morgan fingerprint density at radius 1 is 0.846 bits per heavy atom. The quantitative estimate of drug-likeness (QED) is 0.609. The summed E-state index contributed by atoms with van der Waals surface area (Å²) < 4.78 is 33.8. The summed E-state index contributed by atoms with van der Waals surface area (Å²) >= 11 is 0. The third-order valence-electron chi connectivity index (χ3n) is 2.15. The van der Waals surface area contributed by atoms with Crippen LogP contribution in [0.1, 0.15) is 25.7 Å². The summed E-state index contributed by atoms with van der Waals surface area (Å²) in [5, 5.41) is 0. The molecule has 13 heavy (non-hydrogen) atoms. The second kappa shape index (κ2) is 5.10. The second-order valence-electron chi connectivity index (χ2n) is 3.41. The van der Waals surface area contributed by atoms with E-state index in [2.05, 4.69) is 0 Å². The van der Waals surface area contributed by atoms with Crippen molar-refractivity contribution in [1.29, 1.82) is 0 Å². The highest BCUT2D eigenvalue weighted by atomic mass is 32.2. The predicted molar refractivity (Wildman–Crippen MR) is 55.0 cm³/mol. The highest BCUT2D eigenvalue weighted by Crippen LogP contribution is 2.06. The molecule has 0 radical (unpaired) electrons. The van der Waals surface area contributed by atoms with Crippen LogP contribution in [0.5, 0.6) is 0 Å². The van der Waals surface area contributed by atoms with Crippen molar-refractivity contribution in [3.05, 3.63) is 0 Å². The molecule has 0 amide bonds. The van der Waals surface area contributed by atoms with Gasteiger partial charge in [-0.05, 0) is 25.7 Å². The van der Waals surface area contributed by atoms with Gasteiger partial charge in [-0.2, -0.15) is 0 Å². The molecular formula is C8H16O3S2. The topological polar surface area (TPSA) is 51.2 Å². The summed E-state index contributed by atoms with van der Waals surface area (Å²) in [4.78, 5) is 0. The Balaban J connectivity index is 2.46. The van der Waals surface area contributed by atoms with Gasteiger partial charge in [-0.15, -0.1) is 0 Å². The van der Waals surface area contributed by atoms with Crippen LogP contribution in [0.4, 0.5) is 0 Å². The van der Waals surface area contributed by atoms with Gasteiger partial charge in [0.2, 0.25) is 0 Å². The lowest BCUT2D eigenvalue weighted by molar-refractivity contribution is 0.588. The van der Waals surface area contributed by atoms with Crippen molar-refractivity contribution in [3.63, 3.8) is 0 Å². The maximum absolute atomic E-state index is 11.3.